The van der Waals surface area contributed by atoms with Crippen molar-refractivity contribution in [1.82, 2.24) is 15.1 Å². The summed E-state index contributed by atoms with van der Waals surface area (Å²) in [7, 11) is 0. The molecule has 7 nitrogen and oxygen atoms in total. The lowest BCUT2D eigenvalue weighted by atomic mass is 10.0. The molecule has 2 aromatic heterocycles. The summed E-state index contributed by atoms with van der Waals surface area (Å²) in [4.78, 5) is 12.8. The molecular weight excluding hydrogens is 292 g/mol. The van der Waals surface area contributed by atoms with Crippen LogP contribution in [0, 0.1) is 0 Å². The van der Waals surface area contributed by atoms with Crippen LogP contribution in [0.15, 0.2) is 46.1 Å². The molecular formula is C16H14N6O. The normalized spacial score (nSPS) is 13.5. The van der Waals surface area contributed by atoms with Crippen LogP contribution in [0.5, 0.6) is 0 Å². The molecule has 0 fully saturated rings. The fourth-order valence-electron chi connectivity index (χ4n) is 2.52. The van der Waals surface area contributed by atoms with Crippen LogP contribution in [0.2, 0.25) is 0 Å². The Hall–Kier alpha value is -3.22. The summed E-state index contributed by atoms with van der Waals surface area (Å²) in [6, 6.07) is 7.84. The number of rotatable bonds is 4. The van der Waals surface area contributed by atoms with Crippen molar-refractivity contribution in [2.24, 2.45) is 4.99 Å². The van der Waals surface area contributed by atoms with Crippen molar-refractivity contribution in [2.75, 3.05) is 17.6 Å². The van der Waals surface area contributed by atoms with Gasteiger partial charge in [-0.1, -0.05) is 11.2 Å². The highest BCUT2D eigenvalue weighted by Crippen LogP contribution is 2.26. The number of nitrogen functional groups attached to an aromatic ring is 1. The minimum atomic E-state index is 0.228. The molecule has 0 unspecified atom stereocenters. The maximum absolute atomic E-state index is 5.84. The number of hydrogen-bond donors (Lipinski definition) is 2. The number of nitrogens with two attached hydrogens (primary N) is 1. The lowest BCUT2D eigenvalue weighted by Gasteiger charge is -2.10. The highest BCUT2D eigenvalue weighted by Gasteiger charge is 2.10. The summed E-state index contributed by atoms with van der Waals surface area (Å²) < 4.78 is 5.08. The molecule has 1 aliphatic heterocycles. The predicted octanol–water partition coefficient (Wildman–Crippen LogP) is 2.28. The summed E-state index contributed by atoms with van der Waals surface area (Å²) in [5, 5.41) is 7.80. The predicted molar refractivity (Wildman–Crippen MR) is 89.1 cm³/mol. The van der Waals surface area contributed by atoms with Gasteiger partial charge in [-0.3, -0.25) is 4.99 Å². The van der Waals surface area contributed by atoms with Crippen molar-refractivity contribution in [3.8, 4) is 0 Å². The van der Waals surface area contributed by atoms with E-state index in [2.05, 4.69) is 25.4 Å². The summed E-state index contributed by atoms with van der Waals surface area (Å²) in [5.41, 5.74) is 8.89. The van der Waals surface area contributed by atoms with Gasteiger partial charge in [0.15, 0.2) is 5.76 Å². The monoisotopic (exact) mass is 306 g/mol. The maximum Gasteiger partial charge on any atom is 0.222 e. The Balaban J connectivity index is 1.70. The topological polar surface area (TPSA) is 102 Å². The Bertz CT molecular complexity index is 914. The van der Waals surface area contributed by atoms with Gasteiger partial charge in [0, 0.05) is 17.7 Å². The first-order valence-electron chi connectivity index (χ1n) is 7.20. The molecule has 3 N–H and O–H groups in total. The van der Waals surface area contributed by atoms with Crippen LogP contribution in [0.1, 0.15) is 11.3 Å². The van der Waals surface area contributed by atoms with Crippen molar-refractivity contribution >= 4 is 34.5 Å². The van der Waals surface area contributed by atoms with E-state index in [1.54, 1.807) is 12.3 Å². The highest BCUT2D eigenvalue weighted by molar-refractivity contribution is 5.95. The van der Waals surface area contributed by atoms with Gasteiger partial charge in [-0.25, -0.2) is 4.98 Å². The van der Waals surface area contributed by atoms with Gasteiger partial charge in [0.1, 0.15) is 5.82 Å². The number of fused-ring (bicyclic) bond motifs is 1. The lowest BCUT2D eigenvalue weighted by Crippen LogP contribution is -2.05. The Labute approximate surface area is 131 Å². The molecule has 0 atom stereocenters. The summed E-state index contributed by atoms with van der Waals surface area (Å²) in [6.45, 7) is 1.18. The van der Waals surface area contributed by atoms with E-state index in [4.69, 9.17) is 10.3 Å². The number of anilines is 2. The van der Waals surface area contributed by atoms with E-state index in [-0.39, 0.29) is 5.95 Å². The number of nitrogens with zero attached hydrogens (tertiary/aromatic N) is 4. The highest BCUT2D eigenvalue weighted by atomic mass is 16.5. The average molecular weight is 306 g/mol. The zero-order chi connectivity index (χ0) is 15.6. The molecule has 3 heterocycles. The van der Waals surface area contributed by atoms with Gasteiger partial charge in [-0.15, -0.1) is 0 Å². The van der Waals surface area contributed by atoms with E-state index >= 15 is 0 Å². The van der Waals surface area contributed by atoms with E-state index in [0.29, 0.717) is 18.9 Å². The first kappa shape index (κ1) is 13.4. The number of benzene rings is 1. The molecule has 0 amide bonds. The van der Waals surface area contributed by atoms with Crippen molar-refractivity contribution in [1.29, 1.82) is 0 Å². The average Bonchev–Trinajstić information content (AvgIpc) is 3.25. The van der Waals surface area contributed by atoms with Gasteiger partial charge in [-0.2, -0.15) is 4.98 Å². The summed E-state index contributed by atoms with van der Waals surface area (Å²) >= 11 is 0. The van der Waals surface area contributed by atoms with Crippen LogP contribution in [0.3, 0.4) is 0 Å². The SMILES string of the molecule is Nc1nc(NCc2ccno2)c2ccc(C3=CC=NC3)cc2n1. The second kappa shape index (κ2) is 5.53. The molecule has 114 valence electrons. The Morgan fingerprint density at radius 2 is 2.17 bits per heavy atom. The van der Waals surface area contributed by atoms with E-state index < -0.39 is 0 Å². The first-order chi connectivity index (χ1) is 11.3. The van der Waals surface area contributed by atoms with E-state index in [9.17, 15) is 0 Å². The van der Waals surface area contributed by atoms with E-state index in [0.717, 1.165) is 22.2 Å². The smallest absolute Gasteiger partial charge is 0.222 e. The maximum atomic E-state index is 5.84. The van der Waals surface area contributed by atoms with Crippen LogP contribution in [0.25, 0.3) is 16.5 Å². The Morgan fingerprint density at radius 1 is 1.22 bits per heavy atom. The third-order valence-corrected chi connectivity index (χ3v) is 3.65. The summed E-state index contributed by atoms with van der Waals surface area (Å²) in [5.74, 6) is 1.62. The zero-order valence-electron chi connectivity index (χ0n) is 12.2. The van der Waals surface area contributed by atoms with Gasteiger partial charge < -0.3 is 15.6 Å². The van der Waals surface area contributed by atoms with Gasteiger partial charge in [0.2, 0.25) is 5.95 Å². The van der Waals surface area contributed by atoms with Gasteiger partial charge >= 0.3 is 0 Å². The fourth-order valence-corrected chi connectivity index (χ4v) is 2.52. The van der Waals surface area contributed by atoms with Crippen LogP contribution in [-0.2, 0) is 6.54 Å². The fraction of sp³-hybridized carbons (Fsp3) is 0.125. The number of aromatic nitrogens is 3. The molecule has 0 spiro atoms. The van der Waals surface area contributed by atoms with Crippen LogP contribution in [0.4, 0.5) is 11.8 Å². The second-order valence-electron chi connectivity index (χ2n) is 5.18. The molecule has 0 saturated carbocycles. The zero-order valence-corrected chi connectivity index (χ0v) is 12.2. The Kier molecular flexibility index (Phi) is 3.23. The van der Waals surface area contributed by atoms with Gasteiger partial charge in [0.25, 0.3) is 0 Å². The third kappa shape index (κ3) is 2.64. The molecule has 4 rings (SSSR count). The standard InChI is InChI=1S/C16H14N6O/c17-16-21-14-7-10(11-3-5-18-8-11)1-2-13(14)15(22-16)19-9-12-4-6-20-23-12/h1-7H,8-9H2,(H3,17,19,21,22). The van der Waals surface area contributed by atoms with Crippen LogP contribution in [-0.4, -0.2) is 27.9 Å². The molecule has 7 heteroatoms. The molecule has 0 aliphatic carbocycles. The van der Waals surface area contributed by atoms with E-state index in [1.165, 1.54) is 5.57 Å². The van der Waals surface area contributed by atoms with Crippen LogP contribution >= 0.6 is 0 Å². The largest absolute Gasteiger partial charge is 0.368 e. The quantitative estimate of drug-likeness (QED) is 0.766. The number of hydrogen-bond acceptors (Lipinski definition) is 7. The number of aliphatic imine (C=N–C) groups is 1. The molecule has 23 heavy (non-hydrogen) atoms. The number of allylic oxidation sites excluding steroid dienone is 1. The molecule has 0 saturated heterocycles. The third-order valence-electron chi connectivity index (χ3n) is 3.65. The molecule has 3 aromatic rings. The summed E-state index contributed by atoms with van der Waals surface area (Å²) in [6.07, 6.45) is 5.43. The lowest BCUT2D eigenvalue weighted by molar-refractivity contribution is 0.388. The van der Waals surface area contributed by atoms with Crippen molar-refractivity contribution in [2.45, 2.75) is 6.54 Å². The molecule has 0 radical (unpaired) electrons. The van der Waals surface area contributed by atoms with Gasteiger partial charge in [0.05, 0.1) is 24.8 Å². The van der Waals surface area contributed by atoms with Crippen molar-refractivity contribution in [3.05, 3.63) is 47.9 Å². The van der Waals surface area contributed by atoms with Crippen molar-refractivity contribution < 1.29 is 4.52 Å². The number of nitrogens with one attached hydrogen (secondary N) is 1. The molecule has 0 bridgehead atoms. The minimum Gasteiger partial charge on any atom is -0.368 e. The van der Waals surface area contributed by atoms with E-state index in [1.807, 2.05) is 30.5 Å². The van der Waals surface area contributed by atoms with Gasteiger partial charge in [-0.05, 0) is 29.3 Å². The van der Waals surface area contributed by atoms with Crippen LogP contribution < -0.4 is 11.1 Å². The Morgan fingerprint density at radius 3 is 2.96 bits per heavy atom. The molecule has 1 aromatic carbocycles. The first-order valence-corrected chi connectivity index (χ1v) is 7.20. The second-order valence-corrected chi connectivity index (χ2v) is 5.18. The molecule has 1 aliphatic rings. The van der Waals surface area contributed by atoms with Crippen molar-refractivity contribution in [3.63, 3.8) is 0 Å². The minimum absolute atomic E-state index is 0.228.